The van der Waals surface area contributed by atoms with Crippen LogP contribution >= 0.6 is 8.53 Å². The van der Waals surface area contributed by atoms with Crippen LogP contribution in [0.2, 0.25) is 0 Å². The molecule has 1 N–H and O–H groups in total. The van der Waals surface area contributed by atoms with Crippen molar-refractivity contribution < 1.29 is 33.2 Å². The molecule has 2 aliphatic heterocycles. The standard InChI is InChI=1S/C48H64N6O8P/c1-33(2)53(34(3)4)63(60-28-14-26-49)62-41-29-44(52-27-25-43(51-45(52)55)50-38-30-46(5,6)54(56)47(7,8)31-38)61-42(41)32-59-48(35-15-12-11-13-16-35,36-17-21-39(57-9)22-18-36)37-19-23-40(58-10)24-20-37/h11-13,15-25,27,33-34,38,41-42,44H,14,28-32H2,1-10H3,(H,50,51,55)/t41-,42+,44+,63?/m0/s1. The van der Waals surface area contributed by atoms with Crippen LogP contribution in [0.3, 0.4) is 0 Å². The third-order valence-electron chi connectivity index (χ3n) is 11.8. The van der Waals surface area contributed by atoms with E-state index in [4.69, 9.17) is 28.0 Å². The maximum absolute atomic E-state index is 14.0. The molecule has 0 spiro atoms. The Bertz CT molecular complexity index is 2110. The number of hydrogen-bond donors (Lipinski definition) is 1. The lowest BCUT2D eigenvalue weighted by Crippen LogP contribution is -2.60. The fourth-order valence-electron chi connectivity index (χ4n) is 9.11. The van der Waals surface area contributed by atoms with E-state index in [1.807, 2.05) is 107 Å². The lowest BCUT2D eigenvalue weighted by Gasteiger charge is -2.50. The smallest absolute Gasteiger partial charge is 0.351 e. The zero-order chi connectivity index (χ0) is 45.5. The van der Waals surface area contributed by atoms with Gasteiger partial charge in [-0.1, -0.05) is 54.6 Å². The fourth-order valence-corrected chi connectivity index (χ4v) is 10.9. The Labute approximate surface area is 374 Å². The number of nitrogens with one attached hydrogen (secondary N) is 1. The molecule has 0 bridgehead atoms. The van der Waals surface area contributed by atoms with Crippen LogP contribution in [0, 0.1) is 11.3 Å². The molecule has 63 heavy (non-hydrogen) atoms. The highest BCUT2D eigenvalue weighted by Crippen LogP contribution is 2.51. The number of nitrogens with zero attached hydrogens (tertiary/aromatic N) is 5. The maximum Gasteiger partial charge on any atom is 0.351 e. The first-order valence-corrected chi connectivity index (χ1v) is 22.9. The molecule has 15 heteroatoms. The van der Waals surface area contributed by atoms with Gasteiger partial charge >= 0.3 is 5.69 Å². The lowest BCUT2D eigenvalue weighted by molar-refractivity contribution is -0.288. The first-order valence-electron chi connectivity index (χ1n) is 21.7. The summed E-state index contributed by atoms with van der Waals surface area (Å²) in [6.45, 7) is 16.4. The highest BCUT2D eigenvalue weighted by molar-refractivity contribution is 7.44. The van der Waals surface area contributed by atoms with E-state index in [0.29, 0.717) is 36.6 Å². The van der Waals surface area contributed by atoms with Crippen LogP contribution in [0.5, 0.6) is 11.5 Å². The van der Waals surface area contributed by atoms with Gasteiger partial charge in [-0.3, -0.25) is 4.57 Å². The quantitative estimate of drug-likeness (QED) is 0.0544. The molecule has 1 radical (unpaired) electrons. The summed E-state index contributed by atoms with van der Waals surface area (Å²) in [5.41, 5.74) is -0.203. The highest BCUT2D eigenvalue weighted by Gasteiger charge is 2.47. The van der Waals surface area contributed by atoms with Gasteiger partial charge in [-0.05, 0) is 115 Å². The minimum atomic E-state index is -1.68. The molecule has 0 amide bonds. The lowest BCUT2D eigenvalue weighted by atomic mass is 9.79. The molecule has 3 heterocycles. The van der Waals surface area contributed by atoms with Gasteiger partial charge in [0.15, 0.2) is 0 Å². The second-order valence-electron chi connectivity index (χ2n) is 18.0. The maximum atomic E-state index is 14.0. The summed E-state index contributed by atoms with van der Waals surface area (Å²) in [7, 11) is 1.59. The van der Waals surface area contributed by atoms with Crippen LogP contribution in [-0.2, 0) is 29.3 Å². The normalized spacial score (nSPS) is 20.8. The number of rotatable bonds is 19. The van der Waals surface area contributed by atoms with E-state index in [2.05, 4.69) is 48.7 Å². The van der Waals surface area contributed by atoms with Crippen LogP contribution in [0.25, 0.3) is 0 Å². The number of benzene rings is 3. The molecular formula is C48H64N6O8P. The average molecular weight is 884 g/mol. The minimum Gasteiger partial charge on any atom is -0.497 e. The number of anilines is 1. The SMILES string of the molecule is COc1ccc(C(OC[C@H]2O[C@@H](n3ccc(NC4CC(C)(C)N([O])C(C)(C)C4)nc3=O)C[C@@H]2OP(OCCC#N)N(C(C)C)C(C)C)(c2ccccc2)c2ccc(OC)cc2)cc1. The van der Waals surface area contributed by atoms with E-state index in [1.165, 1.54) is 9.63 Å². The van der Waals surface area contributed by atoms with E-state index in [0.717, 1.165) is 16.7 Å². The Hall–Kier alpha value is -4.42. The van der Waals surface area contributed by atoms with Crippen molar-refractivity contribution in [1.82, 2.24) is 19.3 Å². The number of nitriles is 1. The van der Waals surface area contributed by atoms with Crippen molar-refractivity contribution >= 4 is 14.3 Å². The van der Waals surface area contributed by atoms with E-state index < -0.39 is 49.3 Å². The van der Waals surface area contributed by atoms with Gasteiger partial charge in [0, 0.05) is 41.8 Å². The summed E-state index contributed by atoms with van der Waals surface area (Å²) in [4.78, 5) is 18.4. The molecule has 0 saturated carbocycles. The molecule has 0 aliphatic carbocycles. The van der Waals surface area contributed by atoms with E-state index in [-0.39, 0.29) is 37.8 Å². The number of piperidine rings is 1. The number of ether oxygens (including phenoxy) is 4. The second kappa shape index (κ2) is 20.6. The van der Waals surface area contributed by atoms with Crippen LogP contribution in [0.4, 0.5) is 5.82 Å². The second-order valence-corrected chi connectivity index (χ2v) is 19.4. The summed E-state index contributed by atoms with van der Waals surface area (Å²) in [6.07, 6.45) is 1.34. The fraction of sp³-hybridized carbons (Fsp3) is 0.521. The predicted octanol–water partition coefficient (Wildman–Crippen LogP) is 9.00. The molecule has 1 aromatic heterocycles. The summed E-state index contributed by atoms with van der Waals surface area (Å²) in [5, 5.41) is 27.1. The van der Waals surface area contributed by atoms with Gasteiger partial charge in [-0.15, -0.1) is 10.3 Å². The number of hydrogen-bond acceptors (Lipinski definition) is 12. The van der Waals surface area contributed by atoms with Gasteiger partial charge in [0.2, 0.25) is 0 Å². The zero-order valence-electron chi connectivity index (χ0n) is 38.3. The van der Waals surface area contributed by atoms with Crippen LogP contribution < -0.4 is 20.5 Å². The van der Waals surface area contributed by atoms with Crippen molar-refractivity contribution in [3.05, 3.63) is 118 Å². The summed E-state index contributed by atoms with van der Waals surface area (Å²) < 4.78 is 42.4. The van der Waals surface area contributed by atoms with Gasteiger partial charge in [0.1, 0.15) is 35.2 Å². The predicted molar refractivity (Wildman–Crippen MR) is 243 cm³/mol. The van der Waals surface area contributed by atoms with Crippen LogP contribution in [0.1, 0.15) is 104 Å². The van der Waals surface area contributed by atoms with Crippen molar-refractivity contribution in [2.45, 2.75) is 134 Å². The average Bonchev–Trinajstić information content (AvgIpc) is 3.65. The zero-order valence-corrected chi connectivity index (χ0v) is 39.2. The summed E-state index contributed by atoms with van der Waals surface area (Å²) in [5.74, 6) is 1.84. The van der Waals surface area contributed by atoms with Gasteiger partial charge in [-0.2, -0.15) is 10.2 Å². The van der Waals surface area contributed by atoms with Crippen LogP contribution in [0.15, 0.2) is 95.9 Å². The van der Waals surface area contributed by atoms with Gasteiger partial charge < -0.3 is 33.3 Å². The highest BCUT2D eigenvalue weighted by atomic mass is 31.2. The minimum absolute atomic E-state index is 0.0463. The molecule has 3 aromatic carbocycles. The monoisotopic (exact) mass is 883 g/mol. The molecule has 4 aromatic rings. The van der Waals surface area contributed by atoms with Crippen molar-refractivity contribution in [3.8, 4) is 17.6 Å². The number of aromatic nitrogens is 2. The van der Waals surface area contributed by atoms with Crippen molar-refractivity contribution in [2.24, 2.45) is 0 Å². The van der Waals surface area contributed by atoms with Crippen molar-refractivity contribution in [1.29, 1.82) is 5.26 Å². The largest absolute Gasteiger partial charge is 0.497 e. The Morgan fingerprint density at radius 3 is 1.95 bits per heavy atom. The third kappa shape index (κ3) is 10.9. The summed E-state index contributed by atoms with van der Waals surface area (Å²) >= 11 is 0. The third-order valence-corrected chi connectivity index (χ3v) is 13.9. The molecule has 2 fully saturated rings. The Balaban J connectivity index is 1.38. The molecular weight excluding hydrogens is 820 g/mol. The van der Waals surface area contributed by atoms with Crippen LogP contribution in [-0.4, -0.2) is 88.1 Å². The molecule has 4 atom stereocenters. The molecule has 339 valence electrons. The molecule has 1 unspecified atom stereocenters. The van der Waals surface area contributed by atoms with Crippen molar-refractivity contribution in [3.63, 3.8) is 0 Å². The number of hydroxylamine groups is 2. The summed E-state index contributed by atoms with van der Waals surface area (Å²) in [6, 6.07) is 29.7. The van der Waals surface area contributed by atoms with Gasteiger partial charge in [0.25, 0.3) is 8.53 Å². The first-order chi connectivity index (χ1) is 30.0. The van der Waals surface area contributed by atoms with Gasteiger partial charge in [-0.25, -0.2) is 9.46 Å². The molecule has 2 saturated heterocycles. The topological polar surface area (TPSA) is 152 Å². The van der Waals surface area contributed by atoms with Crippen molar-refractivity contribution in [2.75, 3.05) is 32.8 Å². The Morgan fingerprint density at radius 1 is 0.889 bits per heavy atom. The van der Waals surface area contributed by atoms with E-state index >= 15 is 0 Å². The molecule has 14 nitrogen and oxygen atoms in total. The number of methoxy groups -OCH3 is 2. The van der Waals surface area contributed by atoms with Gasteiger partial charge in [0.05, 0.1) is 46.0 Å². The first kappa shape index (κ1) is 48.0. The molecule has 2 aliphatic rings. The van der Waals surface area contributed by atoms with E-state index in [9.17, 15) is 15.3 Å². The molecule has 6 rings (SSSR count). The Kier molecular flexibility index (Phi) is 15.7. The Morgan fingerprint density at radius 2 is 1.44 bits per heavy atom. The van der Waals surface area contributed by atoms with E-state index in [1.54, 1.807) is 26.5 Å².